The molecule has 0 amide bonds. The SMILES string of the molecule is CCOc1ccc(C(C)=O)cc1C[NH+](C)Cc1cccc(Cl)c1. The molecule has 0 saturated carbocycles. The van der Waals surface area contributed by atoms with Crippen molar-refractivity contribution in [2.45, 2.75) is 26.9 Å². The summed E-state index contributed by atoms with van der Waals surface area (Å²) in [5.41, 5.74) is 2.97. The second-order valence-electron chi connectivity index (χ2n) is 5.75. The van der Waals surface area contributed by atoms with Gasteiger partial charge in [0.1, 0.15) is 18.8 Å². The number of ketones is 1. The predicted molar refractivity (Wildman–Crippen MR) is 93.4 cm³/mol. The van der Waals surface area contributed by atoms with E-state index in [0.29, 0.717) is 6.61 Å². The highest BCUT2D eigenvalue weighted by molar-refractivity contribution is 6.30. The van der Waals surface area contributed by atoms with Gasteiger partial charge in [-0.3, -0.25) is 4.79 Å². The third-order valence-corrected chi connectivity index (χ3v) is 3.89. The Morgan fingerprint density at radius 3 is 2.61 bits per heavy atom. The number of carbonyl (C=O) groups excluding carboxylic acids is 1. The van der Waals surface area contributed by atoms with Gasteiger partial charge in [0.2, 0.25) is 0 Å². The summed E-state index contributed by atoms with van der Waals surface area (Å²) in [5, 5.41) is 0.754. The van der Waals surface area contributed by atoms with Crippen LogP contribution < -0.4 is 9.64 Å². The molecule has 2 rings (SSSR count). The minimum absolute atomic E-state index is 0.0711. The maximum absolute atomic E-state index is 11.6. The Morgan fingerprint density at radius 2 is 1.96 bits per heavy atom. The van der Waals surface area contributed by atoms with Crippen LogP contribution in [0.1, 0.15) is 35.3 Å². The molecular formula is C19H23ClNO2+. The van der Waals surface area contributed by atoms with Crippen LogP contribution in [0, 0.1) is 0 Å². The third kappa shape index (κ3) is 5.08. The highest BCUT2D eigenvalue weighted by Gasteiger charge is 2.13. The van der Waals surface area contributed by atoms with Crippen LogP contribution in [0.2, 0.25) is 5.02 Å². The fourth-order valence-corrected chi connectivity index (χ4v) is 2.83. The molecule has 4 heteroatoms. The van der Waals surface area contributed by atoms with E-state index in [-0.39, 0.29) is 5.78 Å². The summed E-state index contributed by atoms with van der Waals surface area (Å²) in [6.45, 7) is 5.80. The summed E-state index contributed by atoms with van der Waals surface area (Å²) in [6, 6.07) is 13.6. The second kappa shape index (κ2) is 8.14. The van der Waals surface area contributed by atoms with Crippen molar-refractivity contribution in [3.05, 3.63) is 64.2 Å². The highest BCUT2D eigenvalue weighted by Crippen LogP contribution is 2.20. The van der Waals surface area contributed by atoms with Gasteiger partial charge in [-0.15, -0.1) is 0 Å². The summed E-state index contributed by atoms with van der Waals surface area (Å²) in [6.07, 6.45) is 0. The van der Waals surface area contributed by atoms with Crippen LogP contribution in [0.3, 0.4) is 0 Å². The number of quaternary nitrogens is 1. The van der Waals surface area contributed by atoms with Gasteiger partial charge in [0, 0.05) is 21.7 Å². The first-order valence-electron chi connectivity index (χ1n) is 7.82. The van der Waals surface area contributed by atoms with E-state index >= 15 is 0 Å². The van der Waals surface area contributed by atoms with Crippen LogP contribution in [0.15, 0.2) is 42.5 Å². The fourth-order valence-electron chi connectivity index (χ4n) is 2.62. The number of benzene rings is 2. The molecule has 2 aromatic rings. The minimum atomic E-state index is 0.0711. The lowest BCUT2D eigenvalue weighted by Crippen LogP contribution is -3.06. The van der Waals surface area contributed by atoms with Crippen LogP contribution in [0.5, 0.6) is 5.75 Å². The van der Waals surface area contributed by atoms with Crippen LogP contribution in [-0.2, 0) is 13.1 Å². The zero-order chi connectivity index (χ0) is 16.8. The monoisotopic (exact) mass is 332 g/mol. The minimum Gasteiger partial charge on any atom is -0.493 e. The van der Waals surface area contributed by atoms with Gasteiger partial charge in [0.25, 0.3) is 0 Å². The molecule has 0 spiro atoms. The molecule has 0 fully saturated rings. The molecule has 0 heterocycles. The van der Waals surface area contributed by atoms with Gasteiger partial charge in [0.05, 0.1) is 13.7 Å². The number of rotatable bonds is 7. The zero-order valence-corrected chi connectivity index (χ0v) is 14.6. The largest absolute Gasteiger partial charge is 0.493 e. The molecule has 122 valence electrons. The van der Waals surface area contributed by atoms with Crippen LogP contribution in [0.4, 0.5) is 0 Å². The van der Waals surface area contributed by atoms with Gasteiger partial charge >= 0.3 is 0 Å². The molecule has 0 aliphatic rings. The van der Waals surface area contributed by atoms with E-state index in [1.807, 2.05) is 43.3 Å². The topological polar surface area (TPSA) is 30.7 Å². The van der Waals surface area contributed by atoms with Gasteiger partial charge in [-0.05, 0) is 44.2 Å². The number of carbonyl (C=O) groups is 1. The quantitative estimate of drug-likeness (QED) is 0.790. The summed E-state index contributed by atoms with van der Waals surface area (Å²) in [5.74, 6) is 0.921. The van der Waals surface area contributed by atoms with Gasteiger partial charge < -0.3 is 9.64 Å². The van der Waals surface area contributed by atoms with E-state index in [4.69, 9.17) is 16.3 Å². The van der Waals surface area contributed by atoms with Crippen molar-refractivity contribution >= 4 is 17.4 Å². The molecule has 0 bridgehead atoms. The van der Waals surface area contributed by atoms with E-state index in [1.54, 1.807) is 6.92 Å². The maximum Gasteiger partial charge on any atom is 0.159 e. The standard InChI is InChI=1S/C19H22ClNO2/c1-4-23-19-9-8-16(14(2)22)11-17(19)13-21(3)12-15-6-5-7-18(20)10-15/h5-11H,4,12-13H2,1-3H3/p+1. The Labute approximate surface area is 142 Å². The molecule has 2 aromatic carbocycles. The Bertz CT molecular complexity index is 685. The number of Topliss-reactive ketones (excluding diaryl/α,β-unsaturated/α-hetero) is 1. The number of nitrogens with one attached hydrogen (secondary N) is 1. The second-order valence-corrected chi connectivity index (χ2v) is 6.19. The molecule has 0 aliphatic heterocycles. The van der Waals surface area contributed by atoms with Gasteiger partial charge in [0.15, 0.2) is 5.78 Å². The molecule has 0 aromatic heterocycles. The van der Waals surface area contributed by atoms with Crippen LogP contribution in [0.25, 0.3) is 0 Å². The Balaban J connectivity index is 2.16. The predicted octanol–water partition coefficient (Wildman–Crippen LogP) is 3.16. The van der Waals surface area contributed by atoms with Crippen molar-refractivity contribution in [2.24, 2.45) is 0 Å². The Kier molecular flexibility index (Phi) is 6.20. The Hall–Kier alpha value is -1.84. The Morgan fingerprint density at radius 1 is 1.17 bits per heavy atom. The summed E-state index contributed by atoms with van der Waals surface area (Å²) in [7, 11) is 2.12. The molecule has 0 aliphatic carbocycles. The molecule has 1 N–H and O–H groups in total. The lowest BCUT2D eigenvalue weighted by molar-refractivity contribution is -0.907. The number of hydrogen-bond donors (Lipinski definition) is 1. The van der Waals surface area contributed by atoms with E-state index < -0.39 is 0 Å². The summed E-state index contributed by atoms with van der Waals surface area (Å²) in [4.78, 5) is 12.9. The van der Waals surface area contributed by atoms with E-state index in [9.17, 15) is 4.79 Å². The van der Waals surface area contributed by atoms with Crippen molar-refractivity contribution in [3.8, 4) is 5.75 Å². The van der Waals surface area contributed by atoms with Crippen LogP contribution in [-0.4, -0.2) is 19.4 Å². The zero-order valence-electron chi connectivity index (χ0n) is 13.9. The van der Waals surface area contributed by atoms with E-state index in [2.05, 4.69) is 13.1 Å². The first-order valence-corrected chi connectivity index (χ1v) is 8.19. The van der Waals surface area contributed by atoms with Crippen molar-refractivity contribution in [2.75, 3.05) is 13.7 Å². The number of hydrogen-bond acceptors (Lipinski definition) is 2. The van der Waals surface area contributed by atoms with Gasteiger partial charge in [-0.2, -0.15) is 0 Å². The van der Waals surface area contributed by atoms with Crippen molar-refractivity contribution < 1.29 is 14.4 Å². The average molecular weight is 333 g/mol. The van der Waals surface area contributed by atoms with Crippen LogP contribution >= 0.6 is 11.6 Å². The molecule has 1 unspecified atom stereocenters. The van der Waals surface area contributed by atoms with Crippen molar-refractivity contribution in [1.29, 1.82) is 0 Å². The molecule has 23 heavy (non-hydrogen) atoms. The van der Waals surface area contributed by atoms with Crippen molar-refractivity contribution in [1.82, 2.24) is 0 Å². The molecule has 0 saturated heterocycles. The number of ether oxygens (including phenoxy) is 1. The summed E-state index contributed by atoms with van der Waals surface area (Å²) < 4.78 is 5.70. The average Bonchev–Trinajstić information content (AvgIpc) is 2.49. The lowest BCUT2D eigenvalue weighted by Gasteiger charge is -2.17. The number of halogens is 1. The maximum atomic E-state index is 11.6. The van der Waals surface area contributed by atoms with E-state index in [0.717, 1.165) is 35.0 Å². The first-order chi connectivity index (χ1) is 11.0. The smallest absolute Gasteiger partial charge is 0.159 e. The van der Waals surface area contributed by atoms with Gasteiger partial charge in [-0.1, -0.05) is 23.7 Å². The van der Waals surface area contributed by atoms with Crippen molar-refractivity contribution in [3.63, 3.8) is 0 Å². The lowest BCUT2D eigenvalue weighted by atomic mass is 10.1. The fraction of sp³-hybridized carbons (Fsp3) is 0.316. The molecule has 3 nitrogen and oxygen atoms in total. The molecule has 0 radical (unpaired) electrons. The highest BCUT2D eigenvalue weighted by atomic mass is 35.5. The van der Waals surface area contributed by atoms with Gasteiger partial charge in [-0.25, -0.2) is 0 Å². The molecule has 1 atom stereocenters. The summed E-state index contributed by atoms with van der Waals surface area (Å²) >= 11 is 6.04. The molecular weight excluding hydrogens is 310 g/mol. The van der Waals surface area contributed by atoms with E-state index in [1.165, 1.54) is 10.5 Å². The first kappa shape index (κ1) is 17.5. The third-order valence-electron chi connectivity index (χ3n) is 3.65. The normalized spacial score (nSPS) is 12.0.